The van der Waals surface area contributed by atoms with Crippen LogP contribution in [0, 0.1) is 34.0 Å². The first kappa shape index (κ1) is 37.0. The number of hydrogen-bond acceptors (Lipinski definition) is 8. The van der Waals surface area contributed by atoms with Crippen molar-refractivity contribution in [3.8, 4) is 0 Å². The topological polar surface area (TPSA) is 113 Å². The second-order valence-electron chi connectivity index (χ2n) is 16.9. The number of nitrogens with one attached hydrogen (secondary N) is 1. The van der Waals surface area contributed by atoms with Crippen LogP contribution in [0.15, 0.2) is 84.5 Å². The van der Waals surface area contributed by atoms with Gasteiger partial charge in [-0.25, -0.2) is 4.79 Å². The molecule has 2 N–H and O–H groups in total. The summed E-state index contributed by atoms with van der Waals surface area (Å²) in [5, 5.41) is 15.5. The Kier molecular flexibility index (Phi) is 9.39. The van der Waals surface area contributed by atoms with E-state index in [0.717, 1.165) is 17.6 Å². The van der Waals surface area contributed by atoms with E-state index in [4.69, 9.17) is 23.7 Å². The third-order valence-corrected chi connectivity index (χ3v) is 13.9. The van der Waals surface area contributed by atoms with E-state index in [1.807, 2.05) is 57.2 Å². The third kappa shape index (κ3) is 5.36. The van der Waals surface area contributed by atoms with Crippen LogP contribution in [0.3, 0.4) is 0 Å². The molecule has 0 bridgehead atoms. The number of carbonyl (C=O) groups excluding carboxylic acids is 2. The smallest absolute Gasteiger partial charge is 0.338 e. The van der Waals surface area contributed by atoms with Crippen LogP contribution in [-0.4, -0.2) is 73.1 Å². The summed E-state index contributed by atoms with van der Waals surface area (Å²) in [5.41, 5.74) is 0.684. The zero-order chi connectivity index (χ0) is 37.4. The van der Waals surface area contributed by atoms with Gasteiger partial charge >= 0.3 is 5.97 Å². The molecule has 2 aromatic rings. The minimum Gasteiger partial charge on any atom is -0.456 e. The molecule has 4 fully saturated rings. The maximum Gasteiger partial charge on any atom is 0.338 e. The van der Waals surface area contributed by atoms with Crippen molar-refractivity contribution < 1.29 is 38.4 Å². The monoisotopic (exact) mass is 713 g/mol. The minimum absolute atomic E-state index is 0.0292. The van der Waals surface area contributed by atoms with Gasteiger partial charge in [-0.2, -0.15) is 0 Å². The van der Waals surface area contributed by atoms with Crippen LogP contribution >= 0.6 is 0 Å². The molecule has 0 radical (unpaired) electrons. The van der Waals surface area contributed by atoms with Crippen molar-refractivity contribution in [3.63, 3.8) is 0 Å². The SMILES string of the molecule is C=C[C@H]1O[C@H]2C[C@H]3OC[C@@]3(C)[C@H]3[C@H](C)[C@]4(C(C)(C)O)CC(OC(=O)[C@H](OC)[C@@H](NC(=O)c5ccccc5)c5ccccc5)C(C)=C4[C@H](C)[C@H](O1)[C@]23C. The van der Waals surface area contributed by atoms with Gasteiger partial charge in [-0.05, 0) is 62.0 Å². The molecular weight excluding hydrogens is 658 g/mol. The van der Waals surface area contributed by atoms with E-state index in [2.05, 4.69) is 39.6 Å². The highest BCUT2D eigenvalue weighted by Gasteiger charge is 2.75. The summed E-state index contributed by atoms with van der Waals surface area (Å²) < 4.78 is 32.1. The lowest BCUT2D eigenvalue weighted by molar-refractivity contribution is -0.370. The molecule has 2 aliphatic heterocycles. The van der Waals surface area contributed by atoms with Gasteiger partial charge in [-0.15, -0.1) is 0 Å². The Hall–Kier alpha value is -3.34. The van der Waals surface area contributed by atoms with Gasteiger partial charge in [0.2, 0.25) is 0 Å². The lowest BCUT2D eigenvalue weighted by Crippen LogP contribution is -2.73. The molecule has 52 heavy (non-hydrogen) atoms. The Morgan fingerprint density at radius 3 is 2.27 bits per heavy atom. The van der Waals surface area contributed by atoms with Gasteiger partial charge in [-0.1, -0.05) is 88.4 Å². The van der Waals surface area contributed by atoms with Crippen molar-refractivity contribution in [1.82, 2.24) is 5.32 Å². The van der Waals surface area contributed by atoms with Gasteiger partial charge in [0.25, 0.3) is 5.91 Å². The summed E-state index contributed by atoms with van der Waals surface area (Å²) in [5.74, 6) is -1.06. The molecule has 3 aliphatic carbocycles. The van der Waals surface area contributed by atoms with Crippen molar-refractivity contribution in [2.75, 3.05) is 13.7 Å². The minimum atomic E-state index is -1.19. The van der Waals surface area contributed by atoms with Gasteiger partial charge in [-0.3, -0.25) is 4.79 Å². The highest BCUT2D eigenvalue weighted by molar-refractivity contribution is 5.95. The number of carbonyl (C=O) groups is 2. The molecule has 13 atom stereocenters. The molecule has 5 aliphatic rings. The average molecular weight is 714 g/mol. The molecule has 2 saturated heterocycles. The fourth-order valence-electron chi connectivity index (χ4n) is 11.7. The van der Waals surface area contributed by atoms with E-state index in [1.165, 1.54) is 7.11 Å². The molecule has 0 spiro atoms. The predicted molar refractivity (Wildman–Crippen MR) is 196 cm³/mol. The van der Waals surface area contributed by atoms with Crippen molar-refractivity contribution >= 4 is 11.9 Å². The molecule has 9 nitrogen and oxygen atoms in total. The number of esters is 1. The number of ether oxygens (including phenoxy) is 5. The van der Waals surface area contributed by atoms with Crippen molar-refractivity contribution in [1.29, 1.82) is 0 Å². The summed E-state index contributed by atoms with van der Waals surface area (Å²) in [4.78, 5) is 27.9. The van der Waals surface area contributed by atoms with E-state index in [-0.39, 0.29) is 52.8 Å². The van der Waals surface area contributed by atoms with Crippen molar-refractivity contribution in [2.45, 2.75) is 110 Å². The van der Waals surface area contributed by atoms with Crippen LogP contribution < -0.4 is 5.32 Å². The zero-order valence-corrected chi connectivity index (χ0v) is 31.8. The Labute approximate surface area is 308 Å². The van der Waals surface area contributed by atoms with E-state index < -0.39 is 41.5 Å². The Morgan fingerprint density at radius 1 is 1.04 bits per heavy atom. The number of benzene rings is 2. The number of aliphatic hydroxyl groups is 1. The summed E-state index contributed by atoms with van der Waals surface area (Å²) in [6, 6.07) is 17.4. The van der Waals surface area contributed by atoms with E-state index in [9.17, 15) is 14.7 Å². The number of hydrogen-bond donors (Lipinski definition) is 2. The van der Waals surface area contributed by atoms with Crippen LogP contribution in [-0.2, 0) is 28.5 Å². The largest absolute Gasteiger partial charge is 0.456 e. The molecule has 0 aromatic heterocycles. The Bertz CT molecular complexity index is 1720. The summed E-state index contributed by atoms with van der Waals surface area (Å²) >= 11 is 0. The van der Waals surface area contributed by atoms with Crippen molar-refractivity contribution in [2.24, 2.45) is 34.0 Å². The number of amides is 1. The van der Waals surface area contributed by atoms with Crippen LogP contribution in [0.2, 0.25) is 0 Å². The molecule has 9 heteroatoms. The predicted octanol–water partition coefficient (Wildman–Crippen LogP) is 6.58. The standard InChI is InChI=1S/C43H55NO8/c1-10-32-51-31-21-30-41(7,23-49-30)36-26(4)43(40(5,6)47)22-29(24(2)33(43)25(3)37(52-32)42(31,36)8)50-39(46)35(48-9)34(27-17-13-11-14-18-27)44-38(45)28-19-15-12-16-20-28/h10-20,25-26,29-32,34-37,47H,1,21-23H2,2-9H3,(H,44,45)/t25-,26-,29?,30+,31-,32-,34-,35+,36+,37-,41+,42+,43+/m0/s1. The highest BCUT2D eigenvalue weighted by Crippen LogP contribution is 2.73. The first-order valence-electron chi connectivity index (χ1n) is 18.8. The van der Waals surface area contributed by atoms with E-state index >= 15 is 0 Å². The molecule has 2 heterocycles. The molecule has 7 rings (SSSR count). The lowest BCUT2D eigenvalue weighted by atomic mass is 9.44. The number of rotatable bonds is 9. The average Bonchev–Trinajstić information content (AvgIpc) is 3.39. The normalized spacial score (nSPS) is 39.1. The summed E-state index contributed by atoms with van der Waals surface area (Å²) in [6.45, 7) is 19.6. The van der Waals surface area contributed by atoms with Gasteiger partial charge in [0, 0.05) is 47.7 Å². The van der Waals surface area contributed by atoms with Gasteiger partial charge in [0.1, 0.15) is 6.10 Å². The quantitative estimate of drug-likeness (QED) is 0.222. The maximum absolute atomic E-state index is 14.4. The lowest BCUT2D eigenvalue weighted by Gasteiger charge is -2.68. The summed E-state index contributed by atoms with van der Waals surface area (Å²) in [7, 11) is 1.46. The second-order valence-corrected chi connectivity index (χ2v) is 16.9. The van der Waals surface area contributed by atoms with Crippen LogP contribution in [0.1, 0.15) is 83.3 Å². The van der Waals surface area contributed by atoms with E-state index in [1.54, 1.807) is 30.3 Å². The van der Waals surface area contributed by atoms with Gasteiger partial charge in [0.15, 0.2) is 12.4 Å². The molecule has 2 aromatic carbocycles. The number of methoxy groups -OCH3 is 1. The molecular formula is C43H55NO8. The molecule has 280 valence electrons. The second kappa shape index (κ2) is 13.2. The fourth-order valence-corrected chi connectivity index (χ4v) is 11.7. The van der Waals surface area contributed by atoms with Crippen molar-refractivity contribution in [3.05, 3.63) is 95.6 Å². The fraction of sp³-hybridized carbons (Fsp3) is 0.581. The highest BCUT2D eigenvalue weighted by atomic mass is 16.7. The van der Waals surface area contributed by atoms with Crippen LogP contribution in [0.5, 0.6) is 0 Å². The third-order valence-electron chi connectivity index (χ3n) is 13.9. The molecule has 2 saturated carbocycles. The maximum atomic E-state index is 14.4. The summed E-state index contributed by atoms with van der Waals surface area (Å²) in [6.07, 6.45) is 0.216. The first-order valence-corrected chi connectivity index (χ1v) is 18.8. The van der Waals surface area contributed by atoms with Gasteiger partial charge in [0.05, 0.1) is 36.6 Å². The Balaban J connectivity index is 1.28. The molecule has 1 unspecified atom stereocenters. The van der Waals surface area contributed by atoms with Gasteiger partial charge < -0.3 is 34.1 Å². The Morgan fingerprint density at radius 2 is 1.69 bits per heavy atom. The van der Waals surface area contributed by atoms with E-state index in [0.29, 0.717) is 24.2 Å². The number of fused-ring (bicyclic) bond motifs is 3. The zero-order valence-electron chi connectivity index (χ0n) is 31.8. The van der Waals surface area contributed by atoms with Crippen LogP contribution in [0.4, 0.5) is 0 Å². The first-order chi connectivity index (χ1) is 24.6. The molecule has 1 amide bonds. The van der Waals surface area contributed by atoms with Crippen LogP contribution in [0.25, 0.3) is 0 Å².